The maximum Gasteiger partial charge on any atom is 0.161 e. The minimum absolute atomic E-state index is 0.303. The first-order valence-corrected chi connectivity index (χ1v) is 7.40. The lowest BCUT2D eigenvalue weighted by atomic mass is 10.2. The molecular weight excluding hydrogens is 266 g/mol. The fraction of sp³-hybridized carbons (Fsp3) is 0.529. The highest BCUT2D eigenvalue weighted by atomic mass is 16.5. The smallest absolute Gasteiger partial charge is 0.161 e. The Balaban J connectivity index is 2.36. The van der Waals surface area contributed by atoms with Crippen molar-refractivity contribution in [1.29, 1.82) is 0 Å². The van der Waals surface area contributed by atoms with E-state index in [-0.39, 0.29) is 0 Å². The van der Waals surface area contributed by atoms with E-state index in [1.807, 2.05) is 18.2 Å². The van der Waals surface area contributed by atoms with Crippen molar-refractivity contribution in [1.82, 2.24) is 5.32 Å². The minimum Gasteiger partial charge on any atom is -0.493 e. The summed E-state index contributed by atoms with van der Waals surface area (Å²) in [6.45, 7) is 10.8. The summed E-state index contributed by atoms with van der Waals surface area (Å²) in [6, 6.07) is 5.97. The van der Waals surface area contributed by atoms with Crippen molar-refractivity contribution in [3.8, 4) is 11.5 Å². The zero-order valence-electron chi connectivity index (χ0n) is 13.4. The molecule has 0 radical (unpaired) electrons. The maximum absolute atomic E-state index is 5.53. The number of benzene rings is 1. The predicted octanol–water partition coefficient (Wildman–Crippen LogP) is 3.16. The van der Waals surface area contributed by atoms with E-state index < -0.39 is 0 Å². The second-order valence-electron chi connectivity index (χ2n) is 5.03. The normalized spacial score (nSPS) is 10.7. The summed E-state index contributed by atoms with van der Waals surface area (Å²) < 4.78 is 16.4. The molecule has 0 bridgehead atoms. The van der Waals surface area contributed by atoms with Crippen LogP contribution >= 0.6 is 0 Å². The van der Waals surface area contributed by atoms with Gasteiger partial charge in [0.2, 0.25) is 0 Å². The Hall–Kier alpha value is -1.52. The van der Waals surface area contributed by atoms with Crippen molar-refractivity contribution in [2.75, 3.05) is 26.9 Å². The van der Waals surface area contributed by atoms with Crippen molar-refractivity contribution in [3.05, 3.63) is 36.4 Å². The molecule has 1 N–H and O–H groups in total. The van der Waals surface area contributed by atoms with E-state index in [1.54, 1.807) is 13.2 Å². The number of nitrogens with one attached hydrogen (secondary N) is 1. The summed E-state index contributed by atoms with van der Waals surface area (Å²) in [5, 5.41) is 3.40. The van der Waals surface area contributed by atoms with Gasteiger partial charge in [0.15, 0.2) is 11.5 Å². The molecule has 0 aromatic heterocycles. The quantitative estimate of drug-likeness (QED) is 0.502. The highest BCUT2D eigenvalue weighted by Gasteiger charge is 2.05. The third-order valence-corrected chi connectivity index (χ3v) is 2.86. The van der Waals surface area contributed by atoms with Crippen LogP contribution in [-0.2, 0) is 11.3 Å². The molecule has 0 heterocycles. The molecule has 0 aliphatic rings. The summed E-state index contributed by atoms with van der Waals surface area (Å²) >= 11 is 0. The molecule has 0 unspecified atom stereocenters. The first-order chi connectivity index (χ1) is 10.2. The number of hydrogen-bond acceptors (Lipinski definition) is 4. The van der Waals surface area contributed by atoms with Gasteiger partial charge in [-0.1, -0.05) is 18.7 Å². The molecule has 0 fully saturated rings. The molecule has 1 rings (SSSR count). The standard InChI is InChI=1S/C17H27NO3/c1-5-10-21-16-8-7-15(12-17(16)19-4)13-18-9-6-11-20-14(2)3/h5,7-8,12,14,18H,1,6,9-11,13H2,2-4H3. The second-order valence-corrected chi connectivity index (χ2v) is 5.03. The predicted molar refractivity (Wildman–Crippen MR) is 86.1 cm³/mol. The molecule has 0 saturated carbocycles. The van der Waals surface area contributed by atoms with Crippen LogP contribution in [0.3, 0.4) is 0 Å². The molecule has 118 valence electrons. The third-order valence-electron chi connectivity index (χ3n) is 2.86. The number of ether oxygens (including phenoxy) is 3. The van der Waals surface area contributed by atoms with Crippen molar-refractivity contribution in [2.24, 2.45) is 0 Å². The topological polar surface area (TPSA) is 39.7 Å². The Bertz CT molecular complexity index is 418. The van der Waals surface area contributed by atoms with Crippen molar-refractivity contribution >= 4 is 0 Å². The SMILES string of the molecule is C=CCOc1ccc(CNCCCOC(C)C)cc1OC. The Morgan fingerprint density at radius 2 is 2.10 bits per heavy atom. The molecule has 1 aromatic rings. The molecule has 0 aliphatic heterocycles. The first-order valence-electron chi connectivity index (χ1n) is 7.40. The van der Waals surface area contributed by atoms with Gasteiger partial charge in [0.1, 0.15) is 6.61 Å². The molecule has 1 aromatic carbocycles. The van der Waals surface area contributed by atoms with Gasteiger partial charge in [-0.2, -0.15) is 0 Å². The zero-order valence-corrected chi connectivity index (χ0v) is 13.4. The molecule has 0 spiro atoms. The molecule has 0 saturated heterocycles. The summed E-state index contributed by atoms with van der Waals surface area (Å²) in [5.41, 5.74) is 1.17. The van der Waals surface area contributed by atoms with Crippen LogP contribution in [0.5, 0.6) is 11.5 Å². The zero-order chi connectivity index (χ0) is 15.5. The highest BCUT2D eigenvalue weighted by Crippen LogP contribution is 2.27. The van der Waals surface area contributed by atoms with Crippen LogP contribution in [0, 0.1) is 0 Å². The second kappa shape index (κ2) is 10.2. The fourth-order valence-electron chi connectivity index (χ4n) is 1.84. The van der Waals surface area contributed by atoms with Crippen LogP contribution in [0.2, 0.25) is 0 Å². The van der Waals surface area contributed by atoms with Gasteiger partial charge in [-0.15, -0.1) is 0 Å². The number of rotatable bonds is 11. The Kier molecular flexibility index (Phi) is 8.55. The Morgan fingerprint density at radius 1 is 1.29 bits per heavy atom. The molecule has 4 heteroatoms. The van der Waals surface area contributed by atoms with Gasteiger partial charge in [-0.25, -0.2) is 0 Å². The van der Waals surface area contributed by atoms with Gasteiger partial charge in [0, 0.05) is 13.2 Å². The van der Waals surface area contributed by atoms with Gasteiger partial charge in [0.05, 0.1) is 13.2 Å². The van der Waals surface area contributed by atoms with E-state index in [4.69, 9.17) is 14.2 Å². The van der Waals surface area contributed by atoms with Crippen LogP contribution in [0.25, 0.3) is 0 Å². The van der Waals surface area contributed by atoms with E-state index in [1.165, 1.54) is 5.56 Å². The summed E-state index contributed by atoms with van der Waals surface area (Å²) in [7, 11) is 1.65. The fourth-order valence-corrected chi connectivity index (χ4v) is 1.84. The molecule has 21 heavy (non-hydrogen) atoms. The largest absolute Gasteiger partial charge is 0.493 e. The number of hydrogen-bond donors (Lipinski definition) is 1. The monoisotopic (exact) mass is 293 g/mol. The first kappa shape index (κ1) is 17.5. The van der Waals surface area contributed by atoms with Crippen LogP contribution in [0.4, 0.5) is 0 Å². The van der Waals surface area contributed by atoms with Crippen LogP contribution in [0.1, 0.15) is 25.8 Å². The van der Waals surface area contributed by atoms with Crippen LogP contribution in [0.15, 0.2) is 30.9 Å². The van der Waals surface area contributed by atoms with E-state index in [0.29, 0.717) is 12.7 Å². The molecule has 0 amide bonds. The summed E-state index contributed by atoms with van der Waals surface area (Å²) in [6.07, 6.45) is 3.03. The molecular formula is C17H27NO3. The molecule has 0 atom stereocenters. The lowest BCUT2D eigenvalue weighted by Crippen LogP contribution is -2.17. The van der Waals surface area contributed by atoms with Gasteiger partial charge in [0.25, 0.3) is 0 Å². The van der Waals surface area contributed by atoms with Gasteiger partial charge < -0.3 is 19.5 Å². The Morgan fingerprint density at radius 3 is 2.76 bits per heavy atom. The lowest BCUT2D eigenvalue weighted by Gasteiger charge is -2.12. The van der Waals surface area contributed by atoms with E-state index in [2.05, 4.69) is 25.7 Å². The average molecular weight is 293 g/mol. The van der Waals surface area contributed by atoms with Crippen molar-refractivity contribution in [3.63, 3.8) is 0 Å². The third kappa shape index (κ3) is 7.16. The average Bonchev–Trinajstić information content (AvgIpc) is 2.48. The minimum atomic E-state index is 0.303. The summed E-state index contributed by atoms with van der Waals surface area (Å²) in [4.78, 5) is 0. The van der Waals surface area contributed by atoms with Crippen molar-refractivity contribution < 1.29 is 14.2 Å². The maximum atomic E-state index is 5.53. The lowest BCUT2D eigenvalue weighted by molar-refractivity contribution is 0.0770. The van der Waals surface area contributed by atoms with Gasteiger partial charge >= 0.3 is 0 Å². The van der Waals surface area contributed by atoms with E-state index in [0.717, 1.165) is 37.6 Å². The van der Waals surface area contributed by atoms with E-state index >= 15 is 0 Å². The molecule has 0 aliphatic carbocycles. The highest BCUT2D eigenvalue weighted by molar-refractivity contribution is 5.43. The van der Waals surface area contributed by atoms with Crippen LogP contribution in [-0.4, -0.2) is 33.0 Å². The molecule has 4 nitrogen and oxygen atoms in total. The van der Waals surface area contributed by atoms with Crippen LogP contribution < -0.4 is 14.8 Å². The van der Waals surface area contributed by atoms with Crippen molar-refractivity contribution in [2.45, 2.75) is 32.9 Å². The van der Waals surface area contributed by atoms with E-state index in [9.17, 15) is 0 Å². The number of methoxy groups -OCH3 is 1. The summed E-state index contributed by atoms with van der Waals surface area (Å²) in [5.74, 6) is 1.49. The van der Waals surface area contributed by atoms with Gasteiger partial charge in [-0.3, -0.25) is 0 Å². The van der Waals surface area contributed by atoms with Gasteiger partial charge in [-0.05, 0) is 44.5 Å². The Labute approximate surface area is 128 Å².